The summed E-state index contributed by atoms with van der Waals surface area (Å²) in [5, 5.41) is 4.04. The minimum atomic E-state index is -3.96. The van der Waals surface area contributed by atoms with E-state index in [1.54, 1.807) is 29.7 Å². The first-order chi connectivity index (χ1) is 14.3. The van der Waals surface area contributed by atoms with E-state index in [1.807, 2.05) is 14.0 Å². The number of hydrogen-bond acceptors (Lipinski definition) is 7. The van der Waals surface area contributed by atoms with Gasteiger partial charge in [-0.1, -0.05) is 5.16 Å². The molecule has 3 aromatic rings. The summed E-state index contributed by atoms with van der Waals surface area (Å²) in [6.45, 7) is 3.58. The molecule has 160 valence electrons. The van der Waals surface area contributed by atoms with Crippen LogP contribution in [-0.2, 0) is 17.1 Å². The first kappa shape index (κ1) is 20.3. The molecule has 2 aromatic heterocycles. The Bertz CT molecular complexity index is 1210. The van der Waals surface area contributed by atoms with Gasteiger partial charge in [-0.2, -0.15) is 4.98 Å². The van der Waals surface area contributed by atoms with Gasteiger partial charge < -0.3 is 18.6 Å². The van der Waals surface area contributed by atoms with Crippen molar-refractivity contribution in [3.8, 4) is 23.0 Å². The quantitative estimate of drug-likeness (QED) is 0.609. The minimum absolute atomic E-state index is 0.114. The summed E-state index contributed by atoms with van der Waals surface area (Å²) in [6, 6.07) is 4.82. The van der Waals surface area contributed by atoms with Gasteiger partial charge in [0.05, 0.1) is 25.5 Å². The smallest absolute Gasteiger partial charge is 0.264 e. The van der Waals surface area contributed by atoms with Crippen LogP contribution in [0.25, 0.3) is 11.5 Å². The summed E-state index contributed by atoms with van der Waals surface area (Å²) in [7, 11) is 0.858. The first-order valence-corrected chi connectivity index (χ1v) is 11.0. The SMILES string of the molecule is COc1ccc(NS(=O)(=O)c2c(-c3nc(C4CC4)no3)c(C)n(C)c2C)cc1OC. The molecule has 1 aromatic carbocycles. The molecular weight excluding hydrogens is 408 g/mol. The molecule has 0 radical (unpaired) electrons. The number of sulfonamides is 1. The Labute approximate surface area is 175 Å². The van der Waals surface area contributed by atoms with Crippen LogP contribution in [0.4, 0.5) is 5.69 Å². The molecule has 4 rings (SSSR count). The highest BCUT2D eigenvalue weighted by atomic mass is 32.2. The topological polar surface area (TPSA) is 108 Å². The van der Waals surface area contributed by atoms with Crippen molar-refractivity contribution in [1.82, 2.24) is 14.7 Å². The van der Waals surface area contributed by atoms with Gasteiger partial charge in [-0.15, -0.1) is 0 Å². The maximum absolute atomic E-state index is 13.4. The van der Waals surface area contributed by atoms with Crippen LogP contribution in [0.15, 0.2) is 27.6 Å². The van der Waals surface area contributed by atoms with Crippen molar-refractivity contribution in [2.75, 3.05) is 18.9 Å². The molecule has 0 atom stereocenters. The van der Waals surface area contributed by atoms with E-state index in [1.165, 1.54) is 14.2 Å². The number of hydrogen-bond donors (Lipinski definition) is 1. The average Bonchev–Trinajstić information content (AvgIpc) is 3.41. The maximum Gasteiger partial charge on any atom is 0.264 e. The summed E-state index contributed by atoms with van der Waals surface area (Å²) < 4.78 is 47.2. The van der Waals surface area contributed by atoms with Crippen molar-refractivity contribution in [2.24, 2.45) is 7.05 Å². The lowest BCUT2D eigenvalue weighted by Gasteiger charge is -2.12. The van der Waals surface area contributed by atoms with E-state index in [0.29, 0.717) is 40.2 Å². The average molecular weight is 433 g/mol. The van der Waals surface area contributed by atoms with Crippen molar-refractivity contribution in [2.45, 2.75) is 37.5 Å². The van der Waals surface area contributed by atoms with Crippen LogP contribution in [0.2, 0.25) is 0 Å². The highest BCUT2D eigenvalue weighted by Gasteiger charge is 2.34. The zero-order chi connectivity index (χ0) is 21.6. The largest absolute Gasteiger partial charge is 0.493 e. The number of anilines is 1. The van der Waals surface area contributed by atoms with Crippen LogP contribution >= 0.6 is 0 Å². The van der Waals surface area contributed by atoms with Gasteiger partial charge in [-0.3, -0.25) is 4.72 Å². The number of nitrogens with zero attached hydrogens (tertiary/aromatic N) is 3. The van der Waals surface area contributed by atoms with Crippen molar-refractivity contribution in [1.29, 1.82) is 0 Å². The third kappa shape index (κ3) is 3.41. The molecule has 0 amide bonds. The van der Waals surface area contributed by atoms with E-state index < -0.39 is 10.0 Å². The zero-order valence-electron chi connectivity index (χ0n) is 17.5. The Morgan fingerprint density at radius 2 is 1.83 bits per heavy atom. The second-order valence-corrected chi connectivity index (χ2v) is 8.96. The summed E-state index contributed by atoms with van der Waals surface area (Å²) in [5.74, 6) is 2.07. The summed E-state index contributed by atoms with van der Waals surface area (Å²) >= 11 is 0. The molecule has 2 heterocycles. The Morgan fingerprint density at radius 1 is 1.13 bits per heavy atom. The number of aromatic nitrogens is 3. The van der Waals surface area contributed by atoms with Gasteiger partial charge in [0.15, 0.2) is 17.3 Å². The second kappa shape index (κ2) is 7.35. The number of rotatable bonds is 7. The molecule has 0 bridgehead atoms. The van der Waals surface area contributed by atoms with Crippen LogP contribution in [0.1, 0.15) is 36.0 Å². The fourth-order valence-corrected chi connectivity index (χ4v) is 5.02. The fourth-order valence-electron chi connectivity index (χ4n) is 3.45. The lowest BCUT2D eigenvalue weighted by molar-refractivity contribution is 0.355. The second-order valence-electron chi connectivity index (χ2n) is 7.34. The molecule has 1 saturated carbocycles. The van der Waals surface area contributed by atoms with Crippen LogP contribution in [-0.4, -0.2) is 37.3 Å². The molecule has 9 nitrogen and oxygen atoms in total. The van der Waals surface area contributed by atoms with E-state index in [4.69, 9.17) is 14.0 Å². The fraction of sp³-hybridized carbons (Fsp3) is 0.400. The third-order valence-electron chi connectivity index (χ3n) is 5.43. The van der Waals surface area contributed by atoms with Gasteiger partial charge in [0.25, 0.3) is 15.9 Å². The molecule has 0 spiro atoms. The zero-order valence-corrected chi connectivity index (χ0v) is 18.3. The Kier molecular flexibility index (Phi) is 4.97. The number of benzene rings is 1. The molecule has 10 heteroatoms. The number of methoxy groups -OCH3 is 2. The number of nitrogens with one attached hydrogen (secondary N) is 1. The Hall–Kier alpha value is -3.01. The van der Waals surface area contributed by atoms with Crippen molar-refractivity contribution >= 4 is 15.7 Å². The lowest BCUT2D eigenvalue weighted by Crippen LogP contribution is -2.15. The third-order valence-corrected chi connectivity index (χ3v) is 6.97. The van der Waals surface area contributed by atoms with Gasteiger partial charge in [0, 0.05) is 30.4 Å². The van der Waals surface area contributed by atoms with Crippen LogP contribution in [0.3, 0.4) is 0 Å². The molecule has 30 heavy (non-hydrogen) atoms. The van der Waals surface area contributed by atoms with E-state index in [-0.39, 0.29) is 10.8 Å². The lowest BCUT2D eigenvalue weighted by atomic mass is 10.2. The molecule has 1 aliphatic carbocycles. The van der Waals surface area contributed by atoms with Crippen LogP contribution in [0.5, 0.6) is 11.5 Å². The van der Waals surface area contributed by atoms with Gasteiger partial charge >= 0.3 is 0 Å². The highest BCUT2D eigenvalue weighted by molar-refractivity contribution is 7.93. The van der Waals surface area contributed by atoms with Gasteiger partial charge in [0.2, 0.25) is 0 Å². The molecule has 1 aliphatic rings. The minimum Gasteiger partial charge on any atom is -0.493 e. The van der Waals surface area contributed by atoms with Crippen molar-refractivity contribution in [3.05, 3.63) is 35.4 Å². The predicted molar refractivity (Wildman–Crippen MR) is 111 cm³/mol. The predicted octanol–water partition coefficient (Wildman–Crippen LogP) is 3.39. The van der Waals surface area contributed by atoms with E-state index in [0.717, 1.165) is 18.5 Å². The normalized spacial score (nSPS) is 14.0. The van der Waals surface area contributed by atoms with E-state index >= 15 is 0 Å². The molecule has 1 N–H and O–H groups in total. The molecule has 0 saturated heterocycles. The molecule has 1 fully saturated rings. The highest BCUT2D eigenvalue weighted by Crippen LogP contribution is 2.41. The van der Waals surface area contributed by atoms with Crippen molar-refractivity contribution < 1.29 is 22.4 Å². The summed E-state index contributed by atoms with van der Waals surface area (Å²) in [6.07, 6.45) is 2.05. The Balaban J connectivity index is 1.78. The first-order valence-electron chi connectivity index (χ1n) is 9.51. The van der Waals surface area contributed by atoms with Gasteiger partial charge in [-0.25, -0.2) is 8.42 Å². The number of ether oxygens (including phenoxy) is 2. The standard InChI is InChI=1S/C20H24N4O5S/c1-11-17(20-21-19(22-29-20)13-6-7-13)18(12(2)24(11)3)30(25,26)23-14-8-9-15(27-4)16(10-14)28-5/h8-10,13,23H,6-7H2,1-5H3. The summed E-state index contributed by atoms with van der Waals surface area (Å²) in [5.41, 5.74) is 2.07. The monoisotopic (exact) mass is 432 g/mol. The Morgan fingerprint density at radius 3 is 2.47 bits per heavy atom. The van der Waals surface area contributed by atoms with Gasteiger partial charge in [0.1, 0.15) is 4.90 Å². The van der Waals surface area contributed by atoms with E-state index in [9.17, 15) is 8.42 Å². The van der Waals surface area contributed by atoms with Gasteiger partial charge in [-0.05, 0) is 38.8 Å². The molecule has 0 unspecified atom stereocenters. The van der Waals surface area contributed by atoms with Crippen LogP contribution in [0, 0.1) is 13.8 Å². The van der Waals surface area contributed by atoms with Crippen LogP contribution < -0.4 is 14.2 Å². The molecular formula is C20H24N4O5S. The molecule has 0 aliphatic heterocycles. The van der Waals surface area contributed by atoms with Crippen molar-refractivity contribution in [3.63, 3.8) is 0 Å². The van der Waals surface area contributed by atoms with E-state index in [2.05, 4.69) is 14.9 Å². The maximum atomic E-state index is 13.4. The summed E-state index contributed by atoms with van der Waals surface area (Å²) in [4.78, 5) is 4.58.